The van der Waals surface area contributed by atoms with Gasteiger partial charge in [0.25, 0.3) is 22.2 Å². The van der Waals surface area contributed by atoms with E-state index in [4.69, 9.17) is 0 Å². The molecule has 0 unspecified atom stereocenters. The zero-order chi connectivity index (χ0) is 57.0. The van der Waals surface area contributed by atoms with Crippen molar-refractivity contribution in [1.82, 2.24) is 47.8 Å². The standard InChI is InChI=1S/C14H19N3O2.C13H20N2O.C12H14N2O.C11H16N2O.C11H16N2/c1-9(2)17-13(18)11-8-10(15(3)4)6-7-12(11)16(5)14(17)19;1-13(2,3)11-12(16)15(4)10-8-6-5-7-9(10)14-11;1-8(2)10-6-9-7-13-5-4-11(9)14(3)12(10)15;1-7(2)10-11(14)13(3)9-6-4-5-8(9)12-10;1-11(2,3)10-12-7-8-5-4-6-9(8)13-10/h6-9H,1-5H3;5-8H2,1-4H3;4-8H,1-3H3;7H,4-6H2,1-3H3;7H,4-6H2,1-3H3. The van der Waals surface area contributed by atoms with Gasteiger partial charge < -0.3 is 18.6 Å². The molecule has 0 saturated carbocycles. The Hall–Kier alpha value is -6.84. The molecule has 6 heterocycles. The van der Waals surface area contributed by atoms with Crippen LogP contribution in [0, 0.1) is 0 Å². The van der Waals surface area contributed by atoms with Crippen LogP contribution in [-0.2, 0) is 77.5 Å². The summed E-state index contributed by atoms with van der Waals surface area (Å²) in [4.78, 5) is 84.8. The highest BCUT2D eigenvalue weighted by atomic mass is 16.2. The minimum atomic E-state index is -0.273. The zero-order valence-electron chi connectivity index (χ0n) is 49.4. The van der Waals surface area contributed by atoms with Gasteiger partial charge in [-0.1, -0.05) is 69.2 Å². The van der Waals surface area contributed by atoms with E-state index >= 15 is 0 Å². The Balaban J connectivity index is 0.000000157. The molecule has 0 fully saturated rings. The maximum atomic E-state index is 12.4. The lowest BCUT2D eigenvalue weighted by molar-refractivity contribution is 0.521. The van der Waals surface area contributed by atoms with E-state index in [0.717, 1.165) is 89.3 Å². The molecule has 16 nitrogen and oxygen atoms in total. The van der Waals surface area contributed by atoms with Gasteiger partial charge in [-0.05, 0) is 120 Å². The monoisotopic (exact) mass is 1050 g/mol. The molecule has 3 aliphatic rings. The number of nitrogens with zero attached hydrogens (tertiary/aromatic N) is 11. The van der Waals surface area contributed by atoms with Gasteiger partial charge in [0.15, 0.2) is 0 Å². The third kappa shape index (κ3) is 13.3. The predicted octanol–water partition coefficient (Wildman–Crippen LogP) is 9.02. The van der Waals surface area contributed by atoms with Crippen molar-refractivity contribution in [1.29, 1.82) is 0 Å². The first kappa shape index (κ1) is 59.4. The topological polar surface area (TPSA) is 178 Å². The van der Waals surface area contributed by atoms with Gasteiger partial charge in [0.2, 0.25) is 0 Å². The van der Waals surface area contributed by atoms with E-state index in [-0.39, 0.29) is 56.6 Å². The van der Waals surface area contributed by atoms with Crippen LogP contribution in [0.25, 0.3) is 21.8 Å². The average molecular weight is 1050 g/mol. The minimum Gasteiger partial charge on any atom is -0.378 e. The molecule has 0 bridgehead atoms. The van der Waals surface area contributed by atoms with Gasteiger partial charge in [-0.25, -0.2) is 19.7 Å². The van der Waals surface area contributed by atoms with Crippen LogP contribution in [0.2, 0.25) is 0 Å². The largest absolute Gasteiger partial charge is 0.378 e. The van der Waals surface area contributed by atoms with Crippen LogP contribution < -0.4 is 32.8 Å². The molecule has 0 N–H and O–H groups in total. The van der Waals surface area contributed by atoms with Gasteiger partial charge >= 0.3 is 5.69 Å². The smallest absolute Gasteiger partial charge is 0.331 e. The Kier molecular flexibility index (Phi) is 18.7. The lowest BCUT2D eigenvalue weighted by Gasteiger charge is -2.23. The maximum absolute atomic E-state index is 12.4. The van der Waals surface area contributed by atoms with Crippen molar-refractivity contribution in [3.05, 3.63) is 158 Å². The maximum Gasteiger partial charge on any atom is 0.331 e. The van der Waals surface area contributed by atoms with Gasteiger partial charge in [0.1, 0.15) is 17.2 Å². The van der Waals surface area contributed by atoms with Gasteiger partial charge in [0, 0.05) is 117 Å². The van der Waals surface area contributed by atoms with Gasteiger partial charge in [-0.3, -0.25) is 38.3 Å². The fourth-order valence-electron chi connectivity index (χ4n) is 10.0. The summed E-state index contributed by atoms with van der Waals surface area (Å²) in [5.41, 5.74) is 11.7. The fourth-order valence-corrected chi connectivity index (χ4v) is 10.0. The van der Waals surface area contributed by atoms with Crippen LogP contribution in [0.4, 0.5) is 5.69 Å². The SMILES string of the molecule is CC(C)(C)c1ncc2c(n1)CCC2.CC(C)c1cc2cnccc2n(C)c1=O.CC(C)c1nc2c(n(C)c1=O)CCC2.CC(C)n1c(=O)c2cc(N(C)C)ccc2n(C)c1=O.Cn1c2c(nc(C(C)(C)C)c1=O)CCCC2. The van der Waals surface area contributed by atoms with E-state index in [1.807, 2.05) is 137 Å². The molecular weight excluding hydrogens is 967 g/mol. The number of rotatable bonds is 4. The Labute approximate surface area is 454 Å². The zero-order valence-corrected chi connectivity index (χ0v) is 49.4. The van der Waals surface area contributed by atoms with Gasteiger partial charge in [-0.2, -0.15) is 0 Å². The Morgan fingerprint density at radius 2 is 1.16 bits per heavy atom. The van der Waals surface area contributed by atoms with Gasteiger partial charge in [0.05, 0.1) is 27.8 Å². The second-order valence-corrected chi connectivity index (χ2v) is 24.0. The molecule has 10 rings (SSSR count). The normalized spacial score (nSPS) is 13.7. The highest BCUT2D eigenvalue weighted by Crippen LogP contribution is 2.26. The Bertz CT molecular complexity index is 3580. The number of anilines is 1. The average Bonchev–Trinajstić information content (AvgIpc) is 4.08. The number of aryl methyl sites for hydroxylation is 6. The van der Waals surface area contributed by atoms with E-state index in [1.54, 1.807) is 35.6 Å². The molecule has 3 aliphatic carbocycles. The lowest BCUT2D eigenvalue weighted by Crippen LogP contribution is -2.40. The van der Waals surface area contributed by atoms with Crippen molar-refractivity contribution in [2.75, 3.05) is 19.0 Å². The van der Waals surface area contributed by atoms with E-state index in [2.05, 4.69) is 45.7 Å². The quantitative estimate of drug-likeness (QED) is 0.164. The van der Waals surface area contributed by atoms with Crippen LogP contribution >= 0.6 is 0 Å². The summed E-state index contributed by atoms with van der Waals surface area (Å²) >= 11 is 0. The summed E-state index contributed by atoms with van der Waals surface area (Å²) < 4.78 is 8.09. The van der Waals surface area contributed by atoms with Crippen LogP contribution in [-0.4, -0.2) is 61.9 Å². The molecule has 77 heavy (non-hydrogen) atoms. The summed E-state index contributed by atoms with van der Waals surface area (Å²) in [6, 6.07) is 9.20. The molecule has 6 aromatic heterocycles. The number of aromatic nitrogens is 10. The number of fused-ring (bicyclic) bond motifs is 5. The van der Waals surface area contributed by atoms with Crippen molar-refractivity contribution in [3.8, 4) is 0 Å². The molecule has 1 aromatic carbocycles. The number of benzene rings is 1. The van der Waals surface area contributed by atoms with Crippen LogP contribution in [0.3, 0.4) is 0 Å². The molecule has 0 atom stereocenters. The lowest BCUT2D eigenvalue weighted by atomic mass is 9.91. The summed E-state index contributed by atoms with van der Waals surface area (Å²) in [5, 5.41) is 1.59. The molecule has 0 aliphatic heterocycles. The van der Waals surface area contributed by atoms with Crippen molar-refractivity contribution in [3.63, 3.8) is 0 Å². The molecule has 0 radical (unpaired) electrons. The molecule has 16 heteroatoms. The van der Waals surface area contributed by atoms with E-state index in [1.165, 1.54) is 46.1 Å². The second kappa shape index (κ2) is 24.2. The van der Waals surface area contributed by atoms with E-state index in [9.17, 15) is 24.0 Å². The van der Waals surface area contributed by atoms with Crippen LogP contribution in [0.1, 0.15) is 183 Å². The fraction of sp³-hybridized carbons (Fsp3) is 0.541. The van der Waals surface area contributed by atoms with E-state index < -0.39 is 0 Å². The first-order valence-electron chi connectivity index (χ1n) is 27.4. The summed E-state index contributed by atoms with van der Waals surface area (Å²) in [5.74, 6) is 1.45. The molecule has 0 spiro atoms. The number of pyridine rings is 2. The first-order valence-corrected chi connectivity index (χ1v) is 27.4. The minimum absolute atomic E-state index is 0.0770. The number of hydrogen-bond acceptors (Lipinski definition) is 11. The second-order valence-electron chi connectivity index (χ2n) is 24.0. The number of hydrogen-bond donors (Lipinski definition) is 0. The highest BCUT2D eigenvalue weighted by molar-refractivity contribution is 5.82. The Morgan fingerprint density at radius 3 is 1.77 bits per heavy atom. The molecule has 0 amide bonds. The van der Waals surface area contributed by atoms with E-state index in [0.29, 0.717) is 22.3 Å². The Morgan fingerprint density at radius 1 is 0.558 bits per heavy atom. The summed E-state index contributed by atoms with van der Waals surface area (Å²) in [6.07, 6.45) is 16.6. The third-order valence-corrected chi connectivity index (χ3v) is 14.6. The van der Waals surface area contributed by atoms with Crippen LogP contribution in [0.5, 0.6) is 0 Å². The predicted molar refractivity (Wildman–Crippen MR) is 312 cm³/mol. The highest BCUT2D eigenvalue weighted by Gasteiger charge is 2.26. The van der Waals surface area contributed by atoms with Gasteiger partial charge in [-0.15, -0.1) is 0 Å². The third-order valence-electron chi connectivity index (χ3n) is 14.6. The van der Waals surface area contributed by atoms with Crippen LogP contribution in [0.15, 0.2) is 72.9 Å². The van der Waals surface area contributed by atoms with Crippen molar-refractivity contribution in [2.45, 2.75) is 176 Å². The van der Waals surface area contributed by atoms with Crippen molar-refractivity contribution < 1.29 is 0 Å². The molecule has 0 saturated heterocycles. The summed E-state index contributed by atoms with van der Waals surface area (Å²) in [7, 11) is 11.1. The molecule has 414 valence electrons. The van der Waals surface area contributed by atoms with Crippen molar-refractivity contribution >= 4 is 27.5 Å². The molecule has 7 aromatic rings. The molecular formula is C61H85N11O5. The summed E-state index contributed by atoms with van der Waals surface area (Å²) in [6.45, 7) is 24.4. The van der Waals surface area contributed by atoms with Crippen molar-refractivity contribution in [2.24, 2.45) is 28.2 Å². The first-order chi connectivity index (χ1) is 36.0.